The maximum absolute atomic E-state index is 11.4. The van der Waals surface area contributed by atoms with Crippen LogP contribution in [0.2, 0.25) is 0 Å². The van der Waals surface area contributed by atoms with Gasteiger partial charge in [-0.15, -0.1) is 0 Å². The summed E-state index contributed by atoms with van der Waals surface area (Å²) in [6.45, 7) is -0.0550. The molecule has 1 rings (SSSR count). The molecule has 0 atom stereocenters. The maximum Gasteiger partial charge on any atom is 0.354 e. The van der Waals surface area contributed by atoms with Gasteiger partial charge in [0.15, 0.2) is 5.69 Å². The van der Waals surface area contributed by atoms with Crippen LogP contribution in [0.1, 0.15) is 27.4 Å². The van der Waals surface area contributed by atoms with Crippen molar-refractivity contribution in [2.45, 2.75) is 6.42 Å². The SMILES string of the molecule is O=C(O)CCNC(=O)c1cc(C(=O)O)ncn1. The highest BCUT2D eigenvalue weighted by molar-refractivity contribution is 5.95. The van der Waals surface area contributed by atoms with Gasteiger partial charge in [0.2, 0.25) is 0 Å². The minimum Gasteiger partial charge on any atom is -0.481 e. The summed E-state index contributed by atoms with van der Waals surface area (Å²) in [7, 11) is 0. The van der Waals surface area contributed by atoms with Crippen LogP contribution in [0.15, 0.2) is 12.4 Å². The van der Waals surface area contributed by atoms with Crippen LogP contribution in [-0.2, 0) is 4.79 Å². The first-order chi connectivity index (χ1) is 8.00. The second-order valence-electron chi connectivity index (χ2n) is 2.99. The van der Waals surface area contributed by atoms with Crippen LogP contribution < -0.4 is 5.32 Å². The van der Waals surface area contributed by atoms with Crippen LogP contribution in [0, 0.1) is 0 Å². The van der Waals surface area contributed by atoms with Crippen molar-refractivity contribution in [3.63, 3.8) is 0 Å². The van der Waals surface area contributed by atoms with E-state index in [9.17, 15) is 14.4 Å². The topological polar surface area (TPSA) is 129 Å². The molecule has 3 N–H and O–H groups in total. The summed E-state index contributed by atoms with van der Waals surface area (Å²) in [6, 6.07) is 1.01. The first kappa shape index (κ1) is 12.6. The summed E-state index contributed by atoms with van der Waals surface area (Å²) in [5.41, 5.74) is -0.425. The van der Waals surface area contributed by atoms with Crippen LogP contribution in [0.4, 0.5) is 0 Å². The summed E-state index contributed by atoms with van der Waals surface area (Å²) in [5.74, 6) is -2.96. The van der Waals surface area contributed by atoms with Crippen molar-refractivity contribution in [2.24, 2.45) is 0 Å². The number of nitrogens with one attached hydrogen (secondary N) is 1. The molecule has 0 saturated carbocycles. The van der Waals surface area contributed by atoms with Crippen molar-refractivity contribution < 1.29 is 24.6 Å². The fourth-order valence-electron chi connectivity index (χ4n) is 0.972. The van der Waals surface area contributed by atoms with Crippen LogP contribution in [-0.4, -0.2) is 44.6 Å². The predicted octanol–water partition coefficient (Wildman–Crippen LogP) is -0.621. The lowest BCUT2D eigenvalue weighted by atomic mass is 10.3. The van der Waals surface area contributed by atoms with Gasteiger partial charge in [-0.25, -0.2) is 14.8 Å². The third-order valence-electron chi connectivity index (χ3n) is 1.74. The Labute approximate surface area is 95.3 Å². The Hall–Kier alpha value is -2.51. The quantitative estimate of drug-likeness (QED) is 0.624. The molecule has 0 bridgehead atoms. The molecule has 0 unspecified atom stereocenters. The first-order valence-electron chi connectivity index (χ1n) is 4.56. The van der Waals surface area contributed by atoms with E-state index in [4.69, 9.17) is 10.2 Å². The van der Waals surface area contributed by atoms with E-state index in [2.05, 4.69) is 15.3 Å². The van der Waals surface area contributed by atoms with E-state index in [0.717, 1.165) is 12.4 Å². The molecule has 8 nitrogen and oxygen atoms in total. The molecule has 0 aliphatic heterocycles. The summed E-state index contributed by atoms with van der Waals surface area (Å²) in [4.78, 5) is 39.2. The third kappa shape index (κ3) is 3.86. The van der Waals surface area contributed by atoms with Crippen molar-refractivity contribution in [2.75, 3.05) is 6.54 Å². The Morgan fingerprint density at radius 3 is 2.41 bits per heavy atom. The molecule has 1 heterocycles. The number of aromatic carboxylic acids is 1. The molecular weight excluding hydrogens is 230 g/mol. The van der Waals surface area contributed by atoms with Crippen molar-refractivity contribution in [1.29, 1.82) is 0 Å². The highest BCUT2D eigenvalue weighted by Crippen LogP contribution is 1.98. The van der Waals surface area contributed by atoms with Crippen molar-refractivity contribution in [1.82, 2.24) is 15.3 Å². The number of nitrogens with zero attached hydrogens (tertiary/aromatic N) is 2. The molecule has 8 heteroatoms. The number of carbonyl (C=O) groups excluding carboxylic acids is 1. The minimum atomic E-state index is -1.27. The Kier molecular flexibility index (Phi) is 4.09. The summed E-state index contributed by atoms with van der Waals surface area (Å²) < 4.78 is 0. The molecule has 0 spiro atoms. The number of hydrogen-bond donors (Lipinski definition) is 3. The molecular formula is C9H9N3O5. The smallest absolute Gasteiger partial charge is 0.354 e. The lowest BCUT2D eigenvalue weighted by Gasteiger charge is -2.02. The maximum atomic E-state index is 11.4. The lowest BCUT2D eigenvalue weighted by Crippen LogP contribution is -2.27. The van der Waals surface area contributed by atoms with Gasteiger partial charge in [-0.05, 0) is 0 Å². The molecule has 0 fully saturated rings. The highest BCUT2D eigenvalue weighted by atomic mass is 16.4. The molecule has 1 aromatic heterocycles. The average molecular weight is 239 g/mol. The van der Waals surface area contributed by atoms with E-state index in [1.807, 2.05) is 0 Å². The van der Waals surface area contributed by atoms with E-state index in [1.54, 1.807) is 0 Å². The van der Waals surface area contributed by atoms with E-state index in [1.165, 1.54) is 0 Å². The van der Waals surface area contributed by atoms with Gasteiger partial charge in [-0.3, -0.25) is 9.59 Å². The number of amides is 1. The van der Waals surface area contributed by atoms with E-state index in [-0.39, 0.29) is 24.4 Å². The van der Waals surface area contributed by atoms with Gasteiger partial charge >= 0.3 is 11.9 Å². The molecule has 0 radical (unpaired) electrons. The fourth-order valence-corrected chi connectivity index (χ4v) is 0.972. The second kappa shape index (κ2) is 5.54. The van der Waals surface area contributed by atoms with Gasteiger partial charge in [-0.1, -0.05) is 0 Å². The molecule has 1 amide bonds. The molecule has 0 saturated heterocycles. The monoisotopic (exact) mass is 239 g/mol. The van der Waals surface area contributed by atoms with Crippen molar-refractivity contribution in [3.8, 4) is 0 Å². The number of carbonyl (C=O) groups is 3. The molecule has 17 heavy (non-hydrogen) atoms. The van der Waals surface area contributed by atoms with Crippen LogP contribution >= 0.6 is 0 Å². The zero-order chi connectivity index (χ0) is 12.8. The zero-order valence-electron chi connectivity index (χ0n) is 8.58. The Bertz CT molecular complexity index is 460. The van der Waals surface area contributed by atoms with Gasteiger partial charge in [0.1, 0.15) is 12.0 Å². The molecule has 1 aromatic rings. The Morgan fingerprint density at radius 1 is 1.18 bits per heavy atom. The Morgan fingerprint density at radius 2 is 1.82 bits per heavy atom. The van der Waals surface area contributed by atoms with Crippen LogP contribution in [0.25, 0.3) is 0 Å². The summed E-state index contributed by atoms with van der Waals surface area (Å²) >= 11 is 0. The number of aromatic nitrogens is 2. The van der Waals surface area contributed by atoms with E-state index in [0.29, 0.717) is 0 Å². The normalized spacial score (nSPS) is 9.65. The van der Waals surface area contributed by atoms with E-state index >= 15 is 0 Å². The predicted molar refractivity (Wildman–Crippen MR) is 53.6 cm³/mol. The molecule has 0 aliphatic carbocycles. The van der Waals surface area contributed by atoms with Gasteiger partial charge in [-0.2, -0.15) is 0 Å². The molecule has 0 aliphatic rings. The molecule has 0 aromatic carbocycles. The Balaban J connectivity index is 2.65. The van der Waals surface area contributed by atoms with Gasteiger partial charge in [0, 0.05) is 12.6 Å². The third-order valence-corrected chi connectivity index (χ3v) is 1.74. The highest BCUT2D eigenvalue weighted by Gasteiger charge is 2.11. The van der Waals surface area contributed by atoms with Crippen molar-refractivity contribution in [3.05, 3.63) is 23.8 Å². The van der Waals surface area contributed by atoms with Crippen LogP contribution in [0.3, 0.4) is 0 Å². The average Bonchev–Trinajstić information content (AvgIpc) is 2.28. The number of rotatable bonds is 5. The van der Waals surface area contributed by atoms with Crippen molar-refractivity contribution >= 4 is 17.8 Å². The van der Waals surface area contributed by atoms with Crippen LogP contribution in [0.5, 0.6) is 0 Å². The number of aliphatic carboxylic acids is 1. The lowest BCUT2D eigenvalue weighted by molar-refractivity contribution is -0.136. The number of hydrogen-bond acceptors (Lipinski definition) is 5. The largest absolute Gasteiger partial charge is 0.481 e. The van der Waals surface area contributed by atoms with Gasteiger partial charge < -0.3 is 15.5 Å². The first-order valence-corrected chi connectivity index (χ1v) is 4.56. The van der Waals surface area contributed by atoms with E-state index < -0.39 is 17.8 Å². The van der Waals surface area contributed by atoms with Gasteiger partial charge in [0.25, 0.3) is 5.91 Å². The minimum absolute atomic E-state index is 0.0550. The number of carboxylic acid groups (broad SMARTS) is 2. The fraction of sp³-hybridized carbons (Fsp3) is 0.222. The summed E-state index contributed by atoms with van der Waals surface area (Å²) in [5, 5.41) is 19.3. The molecule has 90 valence electrons. The zero-order valence-corrected chi connectivity index (χ0v) is 8.58. The second-order valence-corrected chi connectivity index (χ2v) is 2.99. The standard InChI is InChI=1S/C9H9N3O5/c13-7(14)1-2-10-8(15)5-3-6(9(16)17)12-4-11-5/h3-4H,1-2H2,(H,10,15)(H,13,14)(H,16,17). The summed E-state index contributed by atoms with van der Waals surface area (Å²) in [6.07, 6.45) is 0.734. The van der Waals surface area contributed by atoms with Gasteiger partial charge in [0.05, 0.1) is 6.42 Å². The number of carboxylic acids is 2.